The molecule has 1 aliphatic heterocycles. The van der Waals surface area contributed by atoms with E-state index in [4.69, 9.17) is 11.6 Å². The lowest BCUT2D eigenvalue weighted by Crippen LogP contribution is -2.37. The molecule has 0 aliphatic carbocycles. The number of carbonyl (C=O) groups is 3. The number of hydrogen-bond acceptors (Lipinski definition) is 4. The van der Waals surface area contributed by atoms with Crippen molar-refractivity contribution in [2.75, 3.05) is 13.1 Å². The highest BCUT2D eigenvalue weighted by Gasteiger charge is 2.34. The van der Waals surface area contributed by atoms with Gasteiger partial charge in [0.15, 0.2) is 0 Å². The van der Waals surface area contributed by atoms with Gasteiger partial charge in [-0.2, -0.15) is 0 Å². The highest BCUT2D eigenvalue weighted by molar-refractivity contribution is 8.18. The van der Waals surface area contributed by atoms with Crippen molar-refractivity contribution in [3.8, 4) is 0 Å². The van der Waals surface area contributed by atoms with Gasteiger partial charge in [-0.1, -0.05) is 37.1 Å². The SMILES string of the molecule is CCCCC(=O)NCCN1C(=O)SC(=Cc2ccc(Cl)cc2)C1=O. The average molecular weight is 367 g/mol. The fourth-order valence-corrected chi connectivity index (χ4v) is 3.13. The van der Waals surface area contributed by atoms with Crippen LogP contribution in [0.15, 0.2) is 29.2 Å². The molecule has 1 N–H and O–H groups in total. The predicted molar refractivity (Wildman–Crippen MR) is 96.7 cm³/mol. The summed E-state index contributed by atoms with van der Waals surface area (Å²) >= 11 is 6.73. The number of hydrogen-bond donors (Lipinski definition) is 1. The number of unbranched alkanes of at least 4 members (excludes halogenated alkanes) is 1. The molecule has 0 unspecified atom stereocenters. The van der Waals surface area contributed by atoms with Crippen molar-refractivity contribution in [3.63, 3.8) is 0 Å². The Morgan fingerprint density at radius 1 is 1.29 bits per heavy atom. The molecule has 1 fully saturated rings. The lowest BCUT2D eigenvalue weighted by Gasteiger charge is -2.12. The first kappa shape index (κ1) is 18.5. The average Bonchev–Trinajstić information content (AvgIpc) is 2.82. The van der Waals surface area contributed by atoms with E-state index in [0.717, 1.165) is 35.1 Å². The fourth-order valence-electron chi connectivity index (χ4n) is 2.14. The molecule has 2 rings (SSSR count). The molecule has 0 aromatic heterocycles. The largest absolute Gasteiger partial charge is 0.354 e. The van der Waals surface area contributed by atoms with Gasteiger partial charge in [0, 0.05) is 24.5 Å². The van der Waals surface area contributed by atoms with E-state index < -0.39 is 0 Å². The monoisotopic (exact) mass is 366 g/mol. The van der Waals surface area contributed by atoms with Crippen molar-refractivity contribution in [1.82, 2.24) is 10.2 Å². The van der Waals surface area contributed by atoms with Gasteiger partial charge in [-0.15, -0.1) is 0 Å². The molecule has 0 bridgehead atoms. The summed E-state index contributed by atoms with van der Waals surface area (Å²) < 4.78 is 0. The summed E-state index contributed by atoms with van der Waals surface area (Å²) in [5.74, 6) is -0.386. The molecule has 0 radical (unpaired) electrons. The molecule has 1 aromatic rings. The fraction of sp³-hybridized carbons (Fsp3) is 0.353. The Labute approximate surface area is 150 Å². The Balaban J connectivity index is 1.91. The molecule has 7 heteroatoms. The zero-order valence-corrected chi connectivity index (χ0v) is 15.0. The highest BCUT2D eigenvalue weighted by Crippen LogP contribution is 2.32. The highest BCUT2D eigenvalue weighted by atomic mass is 35.5. The van der Waals surface area contributed by atoms with Crippen molar-refractivity contribution in [2.24, 2.45) is 0 Å². The molecule has 128 valence electrons. The number of thioether (sulfide) groups is 1. The molecule has 3 amide bonds. The van der Waals surface area contributed by atoms with Crippen LogP contribution in [0.2, 0.25) is 5.02 Å². The Kier molecular flexibility index (Phi) is 6.87. The van der Waals surface area contributed by atoms with E-state index in [1.165, 1.54) is 0 Å². The number of amides is 3. The zero-order valence-electron chi connectivity index (χ0n) is 13.4. The third kappa shape index (κ3) is 5.11. The smallest absolute Gasteiger partial charge is 0.293 e. The number of halogens is 1. The van der Waals surface area contributed by atoms with Gasteiger partial charge in [0.05, 0.1) is 4.91 Å². The van der Waals surface area contributed by atoms with Gasteiger partial charge >= 0.3 is 0 Å². The molecule has 1 aliphatic rings. The van der Waals surface area contributed by atoms with E-state index >= 15 is 0 Å². The van der Waals surface area contributed by atoms with E-state index in [9.17, 15) is 14.4 Å². The molecule has 5 nitrogen and oxygen atoms in total. The Bertz CT molecular complexity index is 658. The lowest BCUT2D eigenvalue weighted by molar-refractivity contribution is -0.124. The summed E-state index contributed by atoms with van der Waals surface area (Å²) in [5, 5.41) is 3.02. The van der Waals surface area contributed by atoms with Crippen molar-refractivity contribution >= 4 is 46.5 Å². The Hall–Kier alpha value is -1.79. The van der Waals surface area contributed by atoms with E-state index in [1.54, 1.807) is 30.3 Å². The Morgan fingerprint density at radius 2 is 2.00 bits per heavy atom. The zero-order chi connectivity index (χ0) is 17.5. The van der Waals surface area contributed by atoms with Crippen molar-refractivity contribution in [3.05, 3.63) is 39.8 Å². The molecule has 1 saturated heterocycles. The first-order chi connectivity index (χ1) is 11.5. The van der Waals surface area contributed by atoms with E-state index in [2.05, 4.69) is 5.32 Å². The van der Waals surface area contributed by atoms with Crippen LogP contribution in [0.25, 0.3) is 6.08 Å². The minimum absolute atomic E-state index is 0.0551. The van der Waals surface area contributed by atoms with Crippen LogP contribution in [0.5, 0.6) is 0 Å². The second-order valence-electron chi connectivity index (χ2n) is 5.34. The summed E-state index contributed by atoms with van der Waals surface area (Å²) in [4.78, 5) is 37.4. The maximum absolute atomic E-state index is 12.3. The van der Waals surface area contributed by atoms with Crippen LogP contribution < -0.4 is 5.32 Å². The summed E-state index contributed by atoms with van der Waals surface area (Å²) in [6.07, 6.45) is 3.92. The van der Waals surface area contributed by atoms with E-state index in [0.29, 0.717) is 16.3 Å². The van der Waals surface area contributed by atoms with E-state index in [1.807, 2.05) is 6.92 Å². The standard InChI is InChI=1S/C17H19ClN2O3S/c1-2-3-4-15(21)19-9-10-20-16(22)14(24-17(20)23)11-12-5-7-13(18)8-6-12/h5-8,11H,2-4,9-10H2,1H3,(H,19,21). The van der Waals surface area contributed by atoms with Crippen molar-refractivity contribution in [1.29, 1.82) is 0 Å². The van der Waals surface area contributed by atoms with Crippen molar-refractivity contribution in [2.45, 2.75) is 26.2 Å². The molecule has 1 aromatic carbocycles. The summed E-state index contributed by atoms with van der Waals surface area (Å²) in [6.45, 7) is 2.47. The minimum Gasteiger partial charge on any atom is -0.354 e. The lowest BCUT2D eigenvalue weighted by atomic mass is 10.2. The summed E-state index contributed by atoms with van der Waals surface area (Å²) in [5.41, 5.74) is 0.803. The topological polar surface area (TPSA) is 66.5 Å². The molecule has 0 atom stereocenters. The number of benzene rings is 1. The molecule has 0 spiro atoms. The van der Waals surface area contributed by atoms with Crippen LogP contribution in [0.3, 0.4) is 0 Å². The van der Waals surface area contributed by atoms with Gasteiger partial charge in [0.25, 0.3) is 11.1 Å². The number of imide groups is 1. The number of carbonyl (C=O) groups excluding carboxylic acids is 3. The first-order valence-corrected chi connectivity index (χ1v) is 8.98. The molecule has 24 heavy (non-hydrogen) atoms. The second kappa shape index (κ2) is 8.89. The number of nitrogens with zero attached hydrogens (tertiary/aromatic N) is 1. The van der Waals surface area contributed by atoms with Crippen LogP contribution >= 0.6 is 23.4 Å². The van der Waals surface area contributed by atoms with Crippen molar-refractivity contribution < 1.29 is 14.4 Å². The maximum Gasteiger partial charge on any atom is 0.293 e. The van der Waals surface area contributed by atoms with Crippen LogP contribution in [-0.4, -0.2) is 35.0 Å². The van der Waals surface area contributed by atoms with Gasteiger partial charge in [-0.05, 0) is 42.0 Å². The van der Waals surface area contributed by atoms with Crippen LogP contribution in [0.1, 0.15) is 31.7 Å². The third-order valence-corrected chi connectivity index (χ3v) is 4.62. The predicted octanol–water partition coefficient (Wildman–Crippen LogP) is 3.68. The quantitative estimate of drug-likeness (QED) is 0.747. The summed E-state index contributed by atoms with van der Waals surface area (Å²) in [7, 11) is 0. The molecule has 1 heterocycles. The van der Waals surface area contributed by atoms with Crippen LogP contribution in [0.4, 0.5) is 4.79 Å². The van der Waals surface area contributed by atoms with Gasteiger partial charge < -0.3 is 5.32 Å². The normalized spacial score (nSPS) is 16.1. The summed E-state index contributed by atoms with van der Waals surface area (Å²) in [6, 6.07) is 7.02. The van der Waals surface area contributed by atoms with Crippen LogP contribution in [-0.2, 0) is 9.59 Å². The third-order valence-electron chi connectivity index (χ3n) is 3.46. The minimum atomic E-state index is -0.331. The maximum atomic E-state index is 12.3. The second-order valence-corrected chi connectivity index (χ2v) is 6.77. The van der Waals surface area contributed by atoms with Gasteiger partial charge in [-0.3, -0.25) is 19.3 Å². The molecular weight excluding hydrogens is 348 g/mol. The van der Waals surface area contributed by atoms with Crippen LogP contribution in [0, 0.1) is 0 Å². The molecular formula is C17H19ClN2O3S. The first-order valence-electron chi connectivity index (χ1n) is 7.79. The van der Waals surface area contributed by atoms with Gasteiger partial charge in [0.1, 0.15) is 0 Å². The van der Waals surface area contributed by atoms with Gasteiger partial charge in [0.2, 0.25) is 5.91 Å². The number of nitrogens with one attached hydrogen (secondary N) is 1. The molecule has 0 saturated carbocycles. The van der Waals surface area contributed by atoms with E-state index in [-0.39, 0.29) is 30.1 Å². The van der Waals surface area contributed by atoms with Gasteiger partial charge in [-0.25, -0.2) is 0 Å². The number of rotatable bonds is 7. The Morgan fingerprint density at radius 3 is 2.67 bits per heavy atom.